The van der Waals surface area contributed by atoms with Gasteiger partial charge in [0.05, 0.1) is 6.04 Å². The van der Waals surface area contributed by atoms with E-state index in [2.05, 4.69) is 10.6 Å². The zero-order valence-corrected chi connectivity index (χ0v) is 12.0. The van der Waals surface area contributed by atoms with E-state index in [1.807, 2.05) is 13.0 Å². The molecule has 3 nitrogen and oxygen atoms in total. The van der Waals surface area contributed by atoms with Crippen molar-refractivity contribution in [3.8, 4) is 0 Å². The first-order valence-corrected chi connectivity index (χ1v) is 7.43. The Labute approximate surface area is 120 Å². The SMILES string of the molecule is CC(NCc1cccc(F)c1)C(=O)NC1CCCCC1. The van der Waals surface area contributed by atoms with Crippen molar-refractivity contribution in [2.45, 2.75) is 57.7 Å². The molecule has 1 saturated carbocycles. The van der Waals surface area contributed by atoms with Gasteiger partial charge in [-0.05, 0) is 37.5 Å². The number of carbonyl (C=O) groups is 1. The summed E-state index contributed by atoms with van der Waals surface area (Å²) in [6.45, 7) is 2.34. The smallest absolute Gasteiger partial charge is 0.237 e. The van der Waals surface area contributed by atoms with Crippen LogP contribution in [0.15, 0.2) is 24.3 Å². The molecule has 0 aromatic heterocycles. The second-order valence-corrected chi connectivity index (χ2v) is 5.58. The van der Waals surface area contributed by atoms with Gasteiger partial charge >= 0.3 is 0 Å². The number of benzene rings is 1. The highest BCUT2D eigenvalue weighted by Crippen LogP contribution is 2.17. The van der Waals surface area contributed by atoms with Crippen LogP contribution in [0.2, 0.25) is 0 Å². The molecular formula is C16H23FN2O. The van der Waals surface area contributed by atoms with E-state index in [4.69, 9.17) is 0 Å². The molecule has 0 bridgehead atoms. The topological polar surface area (TPSA) is 41.1 Å². The van der Waals surface area contributed by atoms with Crippen LogP contribution in [0.25, 0.3) is 0 Å². The van der Waals surface area contributed by atoms with Crippen LogP contribution in [0.3, 0.4) is 0 Å². The van der Waals surface area contributed by atoms with Gasteiger partial charge in [-0.15, -0.1) is 0 Å². The Morgan fingerprint density at radius 1 is 1.35 bits per heavy atom. The molecular weight excluding hydrogens is 255 g/mol. The largest absolute Gasteiger partial charge is 0.352 e. The Kier molecular flexibility index (Phi) is 5.53. The minimum Gasteiger partial charge on any atom is -0.352 e. The van der Waals surface area contributed by atoms with Crippen molar-refractivity contribution in [2.24, 2.45) is 0 Å². The minimum atomic E-state index is -0.264. The van der Waals surface area contributed by atoms with E-state index in [0.29, 0.717) is 12.6 Å². The molecule has 0 saturated heterocycles. The average molecular weight is 278 g/mol. The fraction of sp³-hybridized carbons (Fsp3) is 0.562. The highest BCUT2D eigenvalue weighted by molar-refractivity contribution is 5.81. The lowest BCUT2D eigenvalue weighted by molar-refractivity contribution is -0.123. The summed E-state index contributed by atoms with van der Waals surface area (Å²) in [6, 6.07) is 6.50. The van der Waals surface area contributed by atoms with Crippen molar-refractivity contribution in [2.75, 3.05) is 0 Å². The fourth-order valence-electron chi connectivity index (χ4n) is 2.58. The molecule has 1 aliphatic carbocycles. The molecule has 0 heterocycles. The van der Waals surface area contributed by atoms with Crippen LogP contribution in [-0.4, -0.2) is 18.0 Å². The van der Waals surface area contributed by atoms with Crippen LogP contribution in [-0.2, 0) is 11.3 Å². The molecule has 1 unspecified atom stereocenters. The minimum absolute atomic E-state index is 0.0355. The predicted octanol–water partition coefficient (Wildman–Crippen LogP) is 2.75. The Bertz CT molecular complexity index is 444. The summed E-state index contributed by atoms with van der Waals surface area (Å²) in [6.07, 6.45) is 5.86. The summed E-state index contributed by atoms with van der Waals surface area (Å²) in [5.74, 6) is -0.211. The molecule has 110 valence electrons. The van der Waals surface area contributed by atoms with Crippen LogP contribution in [0.5, 0.6) is 0 Å². The third-order valence-corrected chi connectivity index (χ3v) is 3.85. The molecule has 1 aromatic rings. The maximum Gasteiger partial charge on any atom is 0.237 e. The lowest BCUT2D eigenvalue weighted by Crippen LogP contribution is -2.46. The van der Waals surface area contributed by atoms with E-state index in [9.17, 15) is 9.18 Å². The number of rotatable bonds is 5. The molecule has 0 aliphatic heterocycles. The highest BCUT2D eigenvalue weighted by Gasteiger charge is 2.19. The van der Waals surface area contributed by atoms with Crippen molar-refractivity contribution >= 4 is 5.91 Å². The van der Waals surface area contributed by atoms with Gasteiger partial charge in [0.25, 0.3) is 0 Å². The van der Waals surface area contributed by atoms with E-state index in [1.54, 1.807) is 6.07 Å². The zero-order chi connectivity index (χ0) is 14.4. The first-order chi connectivity index (χ1) is 9.65. The quantitative estimate of drug-likeness (QED) is 0.869. The zero-order valence-electron chi connectivity index (χ0n) is 12.0. The number of carbonyl (C=O) groups excluding carboxylic acids is 1. The van der Waals surface area contributed by atoms with Crippen LogP contribution in [0.1, 0.15) is 44.6 Å². The van der Waals surface area contributed by atoms with Crippen molar-refractivity contribution < 1.29 is 9.18 Å². The van der Waals surface area contributed by atoms with Crippen molar-refractivity contribution in [1.29, 1.82) is 0 Å². The third-order valence-electron chi connectivity index (χ3n) is 3.85. The molecule has 0 spiro atoms. The molecule has 2 N–H and O–H groups in total. The number of hydrogen-bond donors (Lipinski definition) is 2. The molecule has 1 aliphatic rings. The summed E-state index contributed by atoms with van der Waals surface area (Å²) >= 11 is 0. The average Bonchev–Trinajstić information content (AvgIpc) is 2.46. The molecule has 4 heteroatoms. The molecule has 0 radical (unpaired) electrons. The molecule has 1 atom stereocenters. The summed E-state index contributed by atoms with van der Waals surface area (Å²) in [7, 11) is 0. The van der Waals surface area contributed by atoms with Crippen LogP contribution in [0, 0.1) is 5.82 Å². The Hall–Kier alpha value is -1.42. The van der Waals surface area contributed by atoms with Crippen molar-refractivity contribution in [1.82, 2.24) is 10.6 Å². The summed E-state index contributed by atoms with van der Waals surface area (Å²) < 4.78 is 13.1. The second-order valence-electron chi connectivity index (χ2n) is 5.58. The summed E-state index contributed by atoms with van der Waals surface area (Å²) in [5, 5.41) is 6.23. The van der Waals surface area contributed by atoms with Gasteiger partial charge in [-0.1, -0.05) is 31.4 Å². The van der Waals surface area contributed by atoms with Crippen LogP contribution in [0.4, 0.5) is 4.39 Å². The molecule has 20 heavy (non-hydrogen) atoms. The Morgan fingerprint density at radius 2 is 2.10 bits per heavy atom. The van der Waals surface area contributed by atoms with Crippen molar-refractivity contribution in [3.63, 3.8) is 0 Å². The van der Waals surface area contributed by atoms with E-state index < -0.39 is 0 Å². The van der Waals surface area contributed by atoms with Gasteiger partial charge in [0, 0.05) is 12.6 Å². The summed E-state index contributed by atoms with van der Waals surface area (Å²) in [5.41, 5.74) is 0.849. The number of amides is 1. The first kappa shape index (κ1) is 15.0. The van der Waals surface area contributed by atoms with Crippen LogP contribution < -0.4 is 10.6 Å². The predicted molar refractivity (Wildman–Crippen MR) is 77.7 cm³/mol. The number of nitrogens with one attached hydrogen (secondary N) is 2. The molecule has 1 fully saturated rings. The van der Waals surface area contributed by atoms with Crippen LogP contribution >= 0.6 is 0 Å². The lowest BCUT2D eigenvalue weighted by atomic mass is 9.95. The summed E-state index contributed by atoms with van der Waals surface area (Å²) in [4.78, 5) is 12.1. The molecule has 1 aromatic carbocycles. The normalized spacial score (nSPS) is 17.7. The number of halogens is 1. The lowest BCUT2D eigenvalue weighted by Gasteiger charge is -2.24. The van der Waals surface area contributed by atoms with Gasteiger partial charge in [0.2, 0.25) is 5.91 Å². The first-order valence-electron chi connectivity index (χ1n) is 7.43. The van der Waals surface area contributed by atoms with E-state index >= 15 is 0 Å². The highest BCUT2D eigenvalue weighted by atomic mass is 19.1. The van der Waals surface area contributed by atoms with E-state index in [-0.39, 0.29) is 17.8 Å². The van der Waals surface area contributed by atoms with Crippen molar-refractivity contribution in [3.05, 3.63) is 35.6 Å². The van der Waals surface area contributed by atoms with Gasteiger partial charge in [-0.2, -0.15) is 0 Å². The maximum atomic E-state index is 13.1. The third kappa shape index (κ3) is 4.60. The van der Waals surface area contributed by atoms with Gasteiger partial charge in [0.15, 0.2) is 0 Å². The Balaban J connectivity index is 1.76. The second kappa shape index (κ2) is 7.39. The van der Waals surface area contributed by atoms with Gasteiger partial charge < -0.3 is 10.6 Å². The van der Waals surface area contributed by atoms with E-state index in [0.717, 1.165) is 18.4 Å². The van der Waals surface area contributed by atoms with Gasteiger partial charge in [-0.25, -0.2) is 4.39 Å². The van der Waals surface area contributed by atoms with Gasteiger partial charge in [0.1, 0.15) is 5.82 Å². The standard InChI is InChI=1S/C16H23FN2O/c1-12(16(20)19-15-8-3-2-4-9-15)18-11-13-6-5-7-14(17)10-13/h5-7,10,12,15,18H,2-4,8-9,11H2,1H3,(H,19,20). The maximum absolute atomic E-state index is 13.1. The van der Waals surface area contributed by atoms with E-state index in [1.165, 1.54) is 31.4 Å². The monoisotopic (exact) mass is 278 g/mol. The molecule has 2 rings (SSSR count). The molecule has 1 amide bonds. The Morgan fingerprint density at radius 3 is 2.80 bits per heavy atom. The van der Waals surface area contributed by atoms with Gasteiger partial charge in [-0.3, -0.25) is 4.79 Å². The number of hydrogen-bond acceptors (Lipinski definition) is 2. The fourth-order valence-corrected chi connectivity index (χ4v) is 2.58.